The average Bonchev–Trinajstić information content (AvgIpc) is 3.34. The summed E-state index contributed by atoms with van der Waals surface area (Å²) in [5.74, 6) is 2.25. The molecule has 178 valence electrons. The Morgan fingerprint density at radius 3 is 2.79 bits per heavy atom. The molecule has 8 heteroatoms. The molecule has 1 N–H and O–H groups in total. The molecule has 7 nitrogen and oxygen atoms in total. The summed E-state index contributed by atoms with van der Waals surface area (Å²) >= 11 is 1.78. The second-order valence-electron chi connectivity index (χ2n) is 9.10. The quantitative estimate of drug-likeness (QED) is 0.475. The second kappa shape index (κ2) is 10.6. The SMILES string of the molecule is COc1ccccc1CNC(=O)[C@H]1CN2CC[C@H]1C[C@@H]2Cn1cc(CSc2ccccc2)nn1. The zero-order chi connectivity index (χ0) is 23.3. The lowest BCUT2D eigenvalue weighted by Gasteiger charge is -2.49. The Morgan fingerprint density at radius 2 is 2.00 bits per heavy atom. The number of hydrogen-bond donors (Lipinski definition) is 1. The molecule has 2 aromatic carbocycles. The first kappa shape index (κ1) is 22.9. The zero-order valence-electron chi connectivity index (χ0n) is 19.5. The molecule has 0 spiro atoms. The van der Waals surface area contributed by atoms with E-state index in [1.807, 2.05) is 35.0 Å². The van der Waals surface area contributed by atoms with E-state index in [4.69, 9.17) is 4.74 Å². The van der Waals surface area contributed by atoms with Crippen molar-refractivity contribution in [2.75, 3.05) is 20.2 Å². The Hall–Kier alpha value is -2.84. The smallest absolute Gasteiger partial charge is 0.224 e. The second-order valence-corrected chi connectivity index (χ2v) is 10.2. The van der Waals surface area contributed by atoms with Crippen LogP contribution in [-0.4, -0.2) is 52.0 Å². The number of hydrogen-bond acceptors (Lipinski definition) is 6. The number of thioether (sulfide) groups is 1. The number of rotatable bonds is 9. The van der Waals surface area contributed by atoms with Crippen molar-refractivity contribution in [1.82, 2.24) is 25.2 Å². The number of nitrogens with one attached hydrogen (secondary N) is 1. The number of carbonyl (C=O) groups is 1. The highest BCUT2D eigenvalue weighted by atomic mass is 32.2. The molecule has 3 fully saturated rings. The third-order valence-corrected chi connectivity index (χ3v) is 8.02. The van der Waals surface area contributed by atoms with Crippen LogP contribution < -0.4 is 10.1 Å². The van der Waals surface area contributed by atoms with Crippen LogP contribution in [0, 0.1) is 11.8 Å². The van der Waals surface area contributed by atoms with Gasteiger partial charge in [-0.1, -0.05) is 41.6 Å². The van der Waals surface area contributed by atoms with Crippen LogP contribution in [0.1, 0.15) is 24.1 Å². The van der Waals surface area contributed by atoms with Crippen molar-refractivity contribution in [3.8, 4) is 5.75 Å². The van der Waals surface area contributed by atoms with Crippen LogP contribution in [0.4, 0.5) is 0 Å². The molecule has 3 aliphatic rings. The topological polar surface area (TPSA) is 72.3 Å². The maximum Gasteiger partial charge on any atom is 0.224 e. The van der Waals surface area contributed by atoms with E-state index in [1.54, 1.807) is 18.9 Å². The van der Waals surface area contributed by atoms with Gasteiger partial charge in [-0.05, 0) is 43.5 Å². The van der Waals surface area contributed by atoms with E-state index in [0.29, 0.717) is 18.5 Å². The van der Waals surface area contributed by atoms with Gasteiger partial charge in [0.05, 0.1) is 25.3 Å². The Kier molecular flexibility index (Phi) is 7.16. The summed E-state index contributed by atoms with van der Waals surface area (Å²) in [6.07, 6.45) is 4.18. The molecule has 4 atom stereocenters. The largest absolute Gasteiger partial charge is 0.496 e. The van der Waals surface area contributed by atoms with E-state index >= 15 is 0 Å². The highest BCUT2D eigenvalue weighted by molar-refractivity contribution is 7.98. The van der Waals surface area contributed by atoms with Crippen LogP contribution in [0.25, 0.3) is 0 Å². The normalized spacial score (nSPS) is 23.6. The van der Waals surface area contributed by atoms with Crippen molar-refractivity contribution in [3.05, 3.63) is 72.1 Å². The summed E-state index contributed by atoms with van der Waals surface area (Å²) in [4.78, 5) is 16.7. The van der Waals surface area contributed by atoms with E-state index in [1.165, 1.54) is 4.90 Å². The molecule has 2 bridgehead atoms. The third-order valence-electron chi connectivity index (χ3n) is 6.97. The Balaban J connectivity index is 1.13. The van der Waals surface area contributed by atoms with Gasteiger partial charge in [0.1, 0.15) is 5.75 Å². The Labute approximate surface area is 204 Å². The van der Waals surface area contributed by atoms with Gasteiger partial charge in [-0.2, -0.15) is 0 Å². The molecule has 3 saturated heterocycles. The maximum atomic E-state index is 13.0. The minimum absolute atomic E-state index is 0.0493. The lowest BCUT2D eigenvalue weighted by molar-refractivity contribution is -0.133. The Morgan fingerprint density at radius 1 is 1.18 bits per heavy atom. The van der Waals surface area contributed by atoms with Gasteiger partial charge in [0.15, 0.2) is 0 Å². The molecule has 3 aromatic rings. The Bertz CT molecular complexity index is 1110. The van der Waals surface area contributed by atoms with Crippen LogP contribution >= 0.6 is 11.8 Å². The van der Waals surface area contributed by atoms with Gasteiger partial charge in [-0.25, -0.2) is 0 Å². The van der Waals surface area contributed by atoms with Gasteiger partial charge in [-0.3, -0.25) is 14.4 Å². The predicted molar refractivity (Wildman–Crippen MR) is 132 cm³/mol. The van der Waals surface area contributed by atoms with Crippen molar-refractivity contribution in [3.63, 3.8) is 0 Å². The van der Waals surface area contributed by atoms with Crippen molar-refractivity contribution in [2.45, 2.75) is 42.6 Å². The number of amides is 1. The summed E-state index contributed by atoms with van der Waals surface area (Å²) < 4.78 is 7.38. The minimum atomic E-state index is 0.0493. The van der Waals surface area contributed by atoms with Crippen molar-refractivity contribution in [2.24, 2.45) is 11.8 Å². The summed E-state index contributed by atoms with van der Waals surface area (Å²) in [5, 5.41) is 11.9. The molecule has 4 heterocycles. The number of methoxy groups -OCH3 is 1. The fourth-order valence-corrected chi connectivity index (χ4v) is 5.97. The fourth-order valence-electron chi connectivity index (χ4n) is 5.17. The minimum Gasteiger partial charge on any atom is -0.496 e. The molecule has 1 amide bonds. The van der Waals surface area contributed by atoms with Gasteiger partial charge >= 0.3 is 0 Å². The first-order chi connectivity index (χ1) is 16.7. The number of benzene rings is 2. The molecular formula is C26H31N5O2S. The van der Waals surface area contributed by atoms with Crippen molar-refractivity contribution < 1.29 is 9.53 Å². The average molecular weight is 478 g/mol. The number of carbonyl (C=O) groups excluding carboxylic acids is 1. The summed E-state index contributed by atoms with van der Waals surface area (Å²) in [6.45, 7) is 3.20. The van der Waals surface area contributed by atoms with E-state index in [2.05, 4.69) is 51.0 Å². The van der Waals surface area contributed by atoms with Gasteiger partial charge in [0.25, 0.3) is 0 Å². The summed E-state index contributed by atoms with van der Waals surface area (Å²) in [7, 11) is 1.66. The number of nitrogens with zero attached hydrogens (tertiary/aromatic N) is 4. The van der Waals surface area contributed by atoms with Crippen molar-refractivity contribution in [1.29, 1.82) is 0 Å². The summed E-state index contributed by atoms with van der Waals surface area (Å²) in [6, 6.07) is 18.6. The van der Waals surface area contributed by atoms with Crippen LogP contribution in [0.15, 0.2) is 65.7 Å². The molecule has 1 aromatic heterocycles. The van der Waals surface area contributed by atoms with Gasteiger partial charge in [0, 0.05) is 41.5 Å². The van der Waals surface area contributed by atoms with Crippen LogP contribution in [0.5, 0.6) is 5.75 Å². The highest BCUT2D eigenvalue weighted by Gasteiger charge is 2.43. The van der Waals surface area contributed by atoms with E-state index in [-0.39, 0.29) is 11.8 Å². The maximum absolute atomic E-state index is 13.0. The standard InChI is InChI=1S/C26H31N5O2S/c1-33-25-10-6-5-7-20(25)14-27-26(32)24-17-30-12-11-19(24)13-22(30)16-31-15-21(28-29-31)18-34-23-8-3-2-4-9-23/h2-10,15,19,22,24H,11-14,16-18H2,1H3,(H,27,32)/t19-,22+,24-/m0/s1. The third kappa shape index (κ3) is 5.28. The van der Waals surface area contributed by atoms with Crippen LogP contribution in [-0.2, 0) is 23.6 Å². The summed E-state index contributed by atoms with van der Waals surface area (Å²) in [5.41, 5.74) is 2.00. The molecule has 6 rings (SSSR count). The van der Waals surface area contributed by atoms with Gasteiger partial charge in [0.2, 0.25) is 5.91 Å². The fraction of sp³-hybridized carbons (Fsp3) is 0.423. The number of aromatic nitrogens is 3. The highest BCUT2D eigenvalue weighted by Crippen LogP contribution is 2.37. The molecule has 0 saturated carbocycles. The van der Waals surface area contributed by atoms with Crippen LogP contribution in [0.3, 0.4) is 0 Å². The van der Waals surface area contributed by atoms with Gasteiger partial charge in [-0.15, -0.1) is 16.9 Å². The molecule has 3 aliphatic heterocycles. The molecule has 1 unspecified atom stereocenters. The number of piperidine rings is 3. The molecule has 0 aliphatic carbocycles. The van der Waals surface area contributed by atoms with E-state index in [9.17, 15) is 4.79 Å². The van der Waals surface area contributed by atoms with E-state index in [0.717, 1.165) is 55.2 Å². The monoisotopic (exact) mass is 477 g/mol. The number of ether oxygens (including phenoxy) is 1. The zero-order valence-corrected chi connectivity index (χ0v) is 20.3. The number of fused-ring (bicyclic) bond motifs is 3. The number of para-hydroxylation sites is 1. The van der Waals surface area contributed by atoms with Gasteiger partial charge < -0.3 is 10.1 Å². The predicted octanol–water partition coefficient (Wildman–Crippen LogP) is 3.61. The molecule has 0 radical (unpaired) electrons. The first-order valence-electron chi connectivity index (χ1n) is 11.9. The lowest BCUT2D eigenvalue weighted by Crippen LogP contribution is -2.58. The molecule has 34 heavy (non-hydrogen) atoms. The van der Waals surface area contributed by atoms with Crippen LogP contribution in [0.2, 0.25) is 0 Å². The van der Waals surface area contributed by atoms with E-state index < -0.39 is 0 Å². The lowest BCUT2D eigenvalue weighted by atomic mass is 9.75. The first-order valence-corrected chi connectivity index (χ1v) is 12.9. The molecular weight excluding hydrogens is 446 g/mol. The van der Waals surface area contributed by atoms with Crippen molar-refractivity contribution >= 4 is 17.7 Å².